The van der Waals surface area contributed by atoms with Crippen molar-refractivity contribution in [2.45, 2.75) is 33.7 Å². The van der Waals surface area contributed by atoms with Crippen LogP contribution in [0.3, 0.4) is 0 Å². The minimum absolute atomic E-state index is 0.259. The van der Waals surface area contributed by atoms with Crippen molar-refractivity contribution in [3.63, 3.8) is 0 Å². The molecule has 150 valence electrons. The number of nitrogens with one attached hydrogen (secondary N) is 1. The number of anilines is 1. The summed E-state index contributed by atoms with van der Waals surface area (Å²) in [6, 6.07) is 4.28. The molecule has 0 bridgehead atoms. The molecule has 9 heteroatoms. The lowest BCUT2D eigenvalue weighted by Crippen LogP contribution is -2.44. The molecule has 9 nitrogen and oxygen atoms in total. The quantitative estimate of drug-likeness (QED) is 0.576. The number of aryl methyl sites for hydroxylation is 2. The van der Waals surface area contributed by atoms with Crippen LogP contribution in [-0.4, -0.2) is 70.5 Å². The number of urea groups is 1. The fourth-order valence-electron chi connectivity index (χ4n) is 2.87. The van der Waals surface area contributed by atoms with E-state index in [0.29, 0.717) is 10.6 Å². The molecule has 1 aromatic carbocycles. The molecule has 1 aliphatic rings. The number of para-hydroxylation sites is 1. The Labute approximate surface area is 163 Å². The van der Waals surface area contributed by atoms with Gasteiger partial charge < -0.3 is 10.2 Å². The van der Waals surface area contributed by atoms with Gasteiger partial charge in [0.15, 0.2) is 0 Å². The first kappa shape index (κ1) is 21.1. The standard InChI is InChI=1S/C19H24N4O5/c1-11(2)23-18(27)17(26)22(19(23)28)10-15(25)21(5)9-14(24)20-16-12(3)7-6-8-13(16)4/h6-8,11H,9-10H2,1-5H3,(H,20,24). The van der Waals surface area contributed by atoms with Crippen molar-refractivity contribution in [1.82, 2.24) is 14.7 Å². The number of hydrogen-bond acceptors (Lipinski definition) is 5. The molecule has 0 unspecified atom stereocenters. The summed E-state index contributed by atoms with van der Waals surface area (Å²) in [7, 11) is 1.39. The normalized spacial score (nSPS) is 14.1. The number of nitrogens with zero attached hydrogens (tertiary/aromatic N) is 3. The van der Waals surface area contributed by atoms with Crippen LogP contribution in [0.1, 0.15) is 25.0 Å². The molecule has 0 aromatic heterocycles. The second-order valence-corrected chi connectivity index (χ2v) is 7.01. The van der Waals surface area contributed by atoms with E-state index in [4.69, 9.17) is 0 Å². The van der Waals surface area contributed by atoms with Gasteiger partial charge in [-0.25, -0.2) is 9.69 Å². The van der Waals surface area contributed by atoms with Gasteiger partial charge in [0.1, 0.15) is 6.54 Å². The highest BCUT2D eigenvalue weighted by Gasteiger charge is 2.46. The fraction of sp³-hybridized carbons (Fsp3) is 0.421. The van der Waals surface area contributed by atoms with Crippen LogP contribution >= 0.6 is 0 Å². The average Bonchev–Trinajstić information content (AvgIpc) is 2.81. The van der Waals surface area contributed by atoms with E-state index in [1.807, 2.05) is 32.0 Å². The van der Waals surface area contributed by atoms with E-state index in [1.165, 1.54) is 7.05 Å². The van der Waals surface area contributed by atoms with Crippen LogP contribution in [0.2, 0.25) is 0 Å². The topological polar surface area (TPSA) is 107 Å². The summed E-state index contributed by atoms with van der Waals surface area (Å²) in [4.78, 5) is 63.3. The Morgan fingerprint density at radius 3 is 2.14 bits per heavy atom. The number of benzene rings is 1. The third-order valence-corrected chi connectivity index (χ3v) is 4.45. The van der Waals surface area contributed by atoms with Crippen molar-refractivity contribution in [2.24, 2.45) is 0 Å². The monoisotopic (exact) mass is 388 g/mol. The van der Waals surface area contributed by atoms with Crippen molar-refractivity contribution in [3.05, 3.63) is 29.3 Å². The Bertz CT molecular complexity index is 828. The van der Waals surface area contributed by atoms with Crippen LogP contribution in [0.4, 0.5) is 10.5 Å². The molecule has 6 amide bonds. The van der Waals surface area contributed by atoms with E-state index >= 15 is 0 Å². The third-order valence-electron chi connectivity index (χ3n) is 4.45. The highest BCUT2D eigenvalue weighted by molar-refractivity contribution is 6.45. The molecule has 2 rings (SSSR count). The maximum absolute atomic E-state index is 12.4. The van der Waals surface area contributed by atoms with Crippen LogP contribution in [0, 0.1) is 13.8 Å². The maximum atomic E-state index is 12.4. The number of hydrogen-bond donors (Lipinski definition) is 1. The van der Waals surface area contributed by atoms with Crippen molar-refractivity contribution in [3.8, 4) is 0 Å². The lowest BCUT2D eigenvalue weighted by Gasteiger charge is -2.21. The van der Waals surface area contributed by atoms with Crippen LogP contribution < -0.4 is 5.32 Å². The van der Waals surface area contributed by atoms with E-state index in [9.17, 15) is 24.0 Å². The summed E-state index contributed by atoms with van der Waals surface area (Å²) < 4.78 is 0. The van der Waals surface area contributed by atoms with Gasteiger partial charge in [0, 0.05) is 18.8 Å². The van der Waals surface area contributed by atoms with Gasteiger partial charge in [-0.3, -0.25) is 24.1 Å². The lowest BCUT2D eigenvalue weighted by molar-refractivity contribution is -0.145. The van der Waals surface area contributed by atoms with Crippen molar-refractivity contribution in [1.29, 1.82) is 0 Å². The molecule has 0 atom stereocenters. The smallest absolute Gasteiger partial charge is 0.334 e. The summed E-state index contributed by atoms with van der Waals surface area (Å²) in [5.74, 6) is -3.03. The minimum atomic E-state index is -1.04. The second kappa shape index (κ2) is 8.20. The van der Waals surface area contributed by atoms with Gasteiger partial charge in [-0.1, -0.05) is 18.2 Å². The minimum Gasteiger partial charge on any atom is -0.335 e. The zero-order valence-electron chi connectivity index (χ0n) is 16.6. The number of imide groups is 2. The number of carbonyl (C=O) groups excluding carboxylic acids is 5. The molecule has 1 fully saturated rings. The lowest BCUT2D eigenvalue weighted by atomic mass is 10.1. The van der Waals surface area contributed by atoms with Crippen LogP contribution in [0.25, 0.3) is 0 Å². The molecular formula is C19H24N4O5. The molecule has 0 spiro atoms. The predicted octanol–water partition coefficient (Wildman–Crippen LogP) is 0.900. The van der Waals surface area contributed by atoms with Gasteiger partial charge in [0.05, 0.1) is 6.54 Å². The highest BCUT2D eigenvalue weighted by Crippen LogP contribution is 2.19. The third kappa shape index (κ3) is 4.19. The Morgan fingerprint density at radius 1 is 1.07 bits per heavy atom. The van der Waals surface area contributed by atoms with Gasteiger partial charge in [-0.05, 0) is 38.8 Å². The Morgan fingerprint density at radius 2 is 1.64 bits per heavy atom. The molecular weight excluding hydrogens is 364 g/mol. The summed E-state index contributed by atoms with van der Waals surface area (Å²) in [6.07, 6.45) is 0. The molecule has 0 aliphatic carbocycles. The summed E-state index contributed by atoms with van der Waals surface area (Å²) in [5.41, 5.74) is 2.46. The van der Waals surface area contributed by atoms with Crippen molar-refractivity contribution in [2.75, 3.05) is 25.5 Å². The maximum Gasteiger partial charge on any atom is 0.334 e. The van der Waals surface area contributed by atoms with Crippen LogP contribution in [0.15, 0.2) is 18.2 Å². The Balaban J connectivity index is 1.99. The van der Waals surface area contributed by atoms with Crippen LogP contribution in [0.5, 0.6) is 0 Å². The Kier molecular flexibility index (Phi) is 6.17. The highest BCUT2D eigenvalue weighted by atomic mass is 16.2. The predicted molar refractivity (Wildman–Crippen MR) is 101 cm³/mol. The van der Waals surface area contributed by atoms with Gasteiger partial charge in [0.2, 0.25) is 11.8 Å². The fourth-order valence-corrected chi connectivity index (χ4v) is 2.87. The number of rotatable bonds is 6. The molecule has 1 aromatic rings. The van der Waals surface area contributed by atoms with Crippen LogP contribution in [-0.2, 0) is 19.2 Å². The zero-order valence-corrected chi connectivity index (χ0v) is 16.6. The van der Waals surface area contributed by atoms with E-state index in [-0.39, 0.29) is 6.54 Å². The molecule has 1 aliphatic heterocycles. The molecule has 0 saturated carbocycles. The largest absolute Gasteiger partial charge is 0.335 e. The number of likely N-dealkylation sites (N-methyl/N-ethyl adjacent to an activating group) is 1. The van der Waals surface area contributed by atoms with Crippen molar-refractivity contribution < 1.29 is 24.0 Å². The first-order valence-electron chi connectivity index (χ1n) is 8.83. The van der Waals surface area contributed by atoms with Gasteiger partial charge in [0.25, 0.3) is 0 Å². The molecule has 1 heterocycles. The summed E-state index contributed by atoms with van der Waals surface area (Å²) in [5, 5.41) is 2.76. The van der Waals surface area contributed by atoms with Gasteiger partial charge in [-0.15, -0.1) is 0 Å². The van der Waals surface area contributed by atoms with E-state index in [1.54, 1.807) is 13.8 Å². The molecule has 28 heavy (non-hydrogen) atoms. The first-order chi connectivity index (χ1) is 13.0. The summed E-state index contributed by atoms with van der Waals surface area (Å²) in [6.45, 7) is 6.06. The Hall–Kier alpha value is -3.23. The van der Waals surface area contributed by atoms with E-state index in [0.717, 1.165) is 20.9 Å². The number of carbonyl (C=O) groups is 5. The van der Waals surface area contributed by atoms with E-state index in [2.05, 4.69) is 5.32 Å². The van der Waals surface area contributed by atoms with E-state index < -0.39 is 42.2 Å². The summed E-state index contributed by atoms with van der Waals surface area (Å²) >= 11 is 0. The van der Waals surface area contributed by atoms with Gasteiger partial charge in [-0.2, -0.15) is 0 Å². The number of amides is 6. The second-order valence-electron chi connectivity index (χ2n) is 7.01. The average molecular weight is 388 g/mol. The van der Waals surface area contributed by atoms with Gasteiger partial charge >= 0.3 is 17.8 Å². The SMILES string of the molecule is Cc1cccc(C)c1NC(=O)CN(C)C(=O)CN1C(=O)C(=O)N(C(C)C)C1=O. The van der Waals surface area contributed by atoms with Crippen molar-refractivity contribution >= 4 is 35.3 Å². The first-order valence-corrected chi connectivity index (χ1v) is 8.83. The molecule has 1 N–H and O–H groups in total. The molecule has 1 saturated heterocycles. The zero-order chi connectivity index (χ0) is 21.2. The molecule has 0 radical (unpaired) electrons.